The highest BCUT2D eigenvalue weighted by molar-refractivity contribution is 7.99. The number of ether oxygens (including phenoxy) is 1. The van der Waals surface area contributed by atoms with E-state index in [1.165, 1.54) is 0 Å². The van der Waals surface area contributed by atoms with Gasteiger partial charge in [-0.05, 0) is 30.0 Å². The third-order valence-corrected chi connectivity index (χ3v) is 3.57. The molecule has 1 heterocycles. The van der Waals surface area contributed by atoms with E-state index in [4.69, 9.17) is 9.84 Å². The summed E-state index contributed by atoms with van der Waals surface area (Å²) in [7, 11) is 1.66. The minimum absolute atomic E-state index is 0.223. The van der Waals surface area contributed by atoms with E-state index in [1.54, 1.807) is 18.9 Å². The Bertz CT molecular complexity index is 502. The first-order valence-corrected chi connectivity index (χ1v) is 6.50. The van der Waals surface area contributed by atoms with E-state index in [1.807, 2.05) is 30.5 Å². The highest BCUT2D eigenvalue weighted by atomic mass is 32.2. The first-order chi connectivity index (χ1) is 8.35. The molecular weight excluding hydrogens is 234 g/mol. The van der Waals surface area contributed by atoms with Gasteiger partial charge in [0, 0.05) is 23.9 Å². The molecule has 0 radical (unpaired) electrons. The van der Waals surface area contributed by atoms with Gasteiger partial charge in [-0.15, -0.1) is 11.8 Å². The van der Waals surface area contributed by atoms with Crippen molar-refractivity contribution in [2.75, 3.05) is 19.5 Å². The molecule has 0 saturated heterocycles. The van der Waals surface area contributed by atoms with Gasteiger partial charge in [0.1, 0.15) is 10.8 Å². The number of benzene rings is 1. The predicted molar refractivity (Wildman–Crippen MR) is 70.7 cm³/mol. The molecule has 2 rings (SSSR count). The highest BCUT2D eigenvalue weighted by Crippen LogP contribution is 2.28. The molecule has 4 heteroatoms. The molecule has 0 aliphatic carbocycles. The number of nitrogens with zero attached hydrogens (tertiary/aromatic N) is 1. The number of pyridine rings is 1. The summed E-state index contributed by atoms with van der Waals surface area (Å²) in [5, 5.41) is 12.0. The van der Waals surface area contributed by atoms with E-state index in [9.17, 15) is 0 Å². The fourth-order valence-electron chi connectivity index (χ4n) is 1.60. The Hall–Kier alpha value is -1.26. The highest BCUT2D eigenvalue weighted by Gasteiger charge is 2.04. The summed E-state index contributed by atoms with van der Waals surface area (Å²) in [6.07, 6.45) is 2.60. The van der Waals surface area contributed by atoms with E-state index in [0.717, 1.165) is 33.7 Å². The number of fused-ring (bicyclic) bond motifs is 1. The molecule has 0 atom stereocenters. The molecule has 0 amide bonds. The summed E-state index contributed by atoms with van der Waals surface area (Å²) in [6, 6.07) is 7.98. The van der Waals surface area contributed by atoms with Crippen LogP contribution in [0.1, 0.15) is 6.42 Å². The quantitative estimate of drug-likeness (QED) is 0.653. The second-order valence-electron chi connectivity index (χ2n) is 3.63. The zero-order valence-corrected chi connectivity index (χ0v) is 10.5. The lowest BCUT2D eigenvalue weighted by Crippen LogP contribution is -1.89. The predicted octanol–water partition coefficient (Wildman–Crippen LogP) is 2.72. The van der Waals surface area contributed by atoms with Crippen molar-refractivity contribution in [2.45, 2.75) is 11.4 Å². The van der Waals surface area contributed by atoms with E-state index < -0.39 is 0 Å². The minimum atomic E-state index is 0.223. The lowest BCUT2D eigenvalue weighted by molar-refractivity contribution is 0.296. The molecule has 1 N–H and O–H groups in total. The summed E-state index contributed by atoms with van der Waals surface area (Å²) in [6.45, 7) is 0.223. The number of hydrogen-bond acceptors (Lipinski definition) is 4. The molecular formula is C13H15NO2S. The Balaban J connectivity index is 2.33. The Morgan fingerprint density at radius 2 is 2.24 bits per heavy atom. The number of methoxy groups -OCH3 is 1. The Morgan fingerprint density at radius 3 is 3.00 bits per heavy atom. The summed E-state index contributed by atoms with van der Waals surface area (Å²) in [4.78, 5) is 4.38. The number of rotatable bonds is 5. The molecule has 17 heavy (non-hydrogen) atoms. The molecule has 0 aliphatic rings. The molecule has 1 aromatic heterocycles. The molecule has 0 bridgehead atoms. The maximum absolute atomic E-state index is 8.79. The van der Waals surface area contributed by atoms with Crippen molar-refractivity contribution < 1.29 is 9.84 Å². The topological polar surface area (TPSA) is 42.4 Å². The van der Waals surface area contributed by atoms with Gasteiger partial charge in [0.05, 0.1) is 7.11 Å². The average molecular weight is 249 g/mol. The third kappa shape index (κ3) is 2.90. The van der Waals surface area contributed by atoms with Crippen molar-refractivity contribution >= 4 is 22.5 Å². The van der Waals surface area contributed by atoms with Crippen LogP contribution >= 0.6 is 11.8 Å². The van der Waals surface area contributed by atoms with Crippen molar-refractivity contribution in [2.24, 2.45) is 0 Å². The monoisotopic (exact) mass is 249 g/mol. The van der Waals surface area contributed by atoms with Crippen LogP contribution < -0.4 is 4.74 Å². The Kier molecular flexibility index (Phi) is 4.23. The normalized spacial score (nSPS) is 10.7. The van der Waals surface area contributed by atoms with E-state index >= 15 is 0 Å². The molecule has 0 spiro atoms. The molecule has 0 saturated carbocycles. The summed E-state index contributed by atoms with van der Waals surface area (Å²) < 4.78 is 5.23. The fourth-order valence-corrected chi connectivity index (χ4v) is 2.53. The molecule has 3 nitrogen and oxygen atoms in total. The fraction of sp³-hybridized carbons (Fsp3) is 0.308. The molecule has 2 aromatic rings. The number of aliphatic hydroxyl groups excluding tert-OH is 1. The Morgan fingerprint density at radius 1 is 1.35 bits per heavy atom. The van der Waals surface area contributed by atoms with Gasteiger partial charge in [-0.25, -0.2) is 4.98 Å². The molecule has 90 valence electrons. The van der Waals surface area contributed by atoms with Crippen molar-refractivity contribution in [3.8, 4) is 5.75 Å². The lowest BCUT2D eigenvalue weighted by Gasteiger charge is -2.06. The standard InChI is InChI=1S/C13H15NO2S/c1-16-11-4-3-10-5-6-14-13(12(10)9-11)17-8-2-7-15/h3-6,9,15H,2,7-8H2,1H3. The lowest BCUT2D eigenvalue weighted by atomic mass is 10.2. The van der Waals surface area contributed by atoms with Gasteiger partial charge in [-0.3, -0.25) is 0 Å². The van der Waals surface area contributed by atoms with Crippen LogP contribution in [-0.4, -0.2) is 29.6 Å². The summed E-state index contributed by atoms with van der Waals surface area (Å²) in [5.41, 5.74) is 0. The van der Waals surface area contributed by atoms with Crippen LogP contribution in [0.5, 0.6) is 5.75 Å². The number of thioether (sulfide) groups is 1. The van der Waals surface area contributed by atoms with Gasteiger partial charge < -0.3 is 9.84 Å². The zero-order valence-electron chi connectivity index (χ0n) is 9.72. The SMILES string of the molecule is COc1ccc2ccnc(SCCCO)c2c1. The van der Waals surface area contributed by atoms with Crippen molar-refractivity contribution in [3.05, 3.63) is 30.5 Å². The second kappa shape index (κ2) is 5.89. The van der Waals surface area contributed by atoms with Gasteiger partial charge in [-0.1, -0.05) is 6.07 Å². The van der Waals surface area contributed by atoms with E-state index in [0.29, 0.717) is 0 Å². The maximum atomic E-state index is 8.79. The van der Waals surface area contributed by atoms with Crippen LogP contribution in [-0.2, 0) is 0 Å². The van der Waals surface area contributed by atoms with Crippen LogP contribution in [0.25, 0.3) is 10.8 Å². The van der Waals surface area contributed by atoms with Gasteiger partial charge in [-0.2, -0.15) is 0 Å². The van der Waals surface area contributed by atoms with Crippen LogP contribution in [0.15, 0.2) is 35.5 Å². The molecule has 0 fully saturated rings. The minimum Gasteiger partial charge on any atom is -0.497 e. The van der Waals surface area contributed by atoms with Gasteiger partial charge >= 0.3 is 0 Å². The summed E-state index contributed by atoms with van der Waals surface area (Å²) in [5.74, 6) is 1.72. The smallest absolute Gasteiger partial charge is 0.119 e. The van der Waals surface area contributed by atoms with E-state index in [2.05, 4.69) is 4.98 Å². The van der Waals surface area contributed by atoms with Crippen molar-refractivity contribution in [1.29, 1.82) is 0 Å². The van der Waals surface area contributed by atoms with Gasteiger partial charge in [0.2, 0.25) is 0 Å². The zero-order chi connectivity index (χ0) is 12.1. The third-order valence-electron chi connectivity index (χ3n) is 2.48. The Labute approximate surface area is 105 Å². The number of aliphatic hydroxyl groups is 1. The van der Waals surface area contributed by atoms with Crippen LogP contribution in [0, 0.1) is 0 Å². The first-order valence-electron chi connectivity index (χ1n) is 5.51. The van der Waals surface area contributed by atoms with Crippen LogP contribution in [0.3, 0.4) is 0 Å². The maximum Gasteiger partial charge on any atom is 0.119 e. The van der Waals surface area contributed by atoms with Crippen molar-refractivity contribution in [1.82, 2.24) is 4.98 Å². The largest absolute Gasteiger partial charge is 0.497 e. The summed E-state index contributed by atoms with van der Waals surface area (Å²) >= 11 is 1.67. The van der Waals surface area contributed by atoms with Gasteiger partial charge in [0.25, 0.3) is 0 Å². The van der Waals surface area contributed by atoms with E-state index in [-0.39, 0.29) is 6.61 Å². The average Bonchev–Trinajstić information content (AvgIpc) is 2.39. The first kappa shape index (κ1) is 12.2. The number of hydrogen-bond donors (Lipinski definition) is 1. The molecule has 1 aromatic carbocycles. The number of aromatic nitrogens is 1. The van der Waals surface area contributed by atoms with Crippen molar-refractivity contribution in [3.63, 3.8) is 0 Å². The van der Waals surface area contributed by atoms with Gasteiger partial charge in [0.15, 0.2) is 0 Å². The van der Waals surface area contributed by atoms with Crippen LogP contribution in [0.2, 0.25) is 0 Å². The molecule has 0 aliphatic heterocycles. The second-order valence-corrected chi connectivity index (χ2v) is 4.71. The molecule has 0 unspecified atom stereocenters. The van der Waals surface area contributed by atoms with Crippen LogP contribution in [0.4, 0.5) is 0 Å².